The van der Waals surface area contributed by atoms with Crippen LogP contribution in [0.4, 0.5) is 22.0 Å². The van der Waals surface area contributed by atoms with Crippen LogP contribution in [0.3, 0.4) is 0 Å². The van der Waals surface area contributed by atoms with Crippen LogP contribution < -0.4 is 0 Å². The minimum absolute atomic E-state index is 0.319. The Morgan fingerprint density at radius 1 is 1.38 bits per heavy atom. The molecule has 0 radical (unpaired) electrons. The van der Waals surface area contributed by atoms with E-state index in [-0.39, 0.29) is 0 Å². The van der Waals surface area contributed by atoms with Gasteiger partial charge in [0.15, 0.2) is 0 Å². The van der Waals surface area contributed by atoms with Gasteiger partial charge in [-0.05, 0) is 0 Å². The van der Waals surface area contributed by atoms with Crippen molar-refractivity contribution >= 4 is 11.6 Å². The third-order valence-corrected chi connectivity index (χ3v) is 2.16. The second-order valence-corrected chi connectivity index (χ2v) is 3.17. The zero-order valence-electron chi connectivity index (χ0n) is 7.52. The second-order valence-electron chi connectivity index (χ2n) is 2.81. The first-order valence-corrected chi connectivity index (χ1v) is 4.30. The minimum atomic E-state index is -4.86. The Bertz CT molecular complexity index is 393. The fraction of sp³-hybridized carbons (Fsp3) is 0.375. The van der Waals surface area contributed by atoms with E-state index in [4.69, 9.17) is 16.7 Å². The third-order valence-electron chi connectivity index (χ3n) is 1.86. The summed E-state index contributed by atoms with van der Waals surface area (Å²) in [5, 5.41) is 7.97. The zero-order valence-corrected chi connectivity index (χ0v) is 8.28. The number of aliphatic hydroxyl groups is 1. The van der Waals surface area contributed by atoms with E-state index in [1.807, 2.05) is 0 Å². The van der Waals surface area contributed by atoms with Gasteiger partial charge in [0, 0.05) is 11.8 Å². The molecular weight excluding hydrogens is 257 g/mol. The number of alkyl halides is 5. The van der Waals surface area contributed by atoms with Gasteiger partial charge in [-0.2, -0.15) is 13.2 Å². The molecule has 0 saturated heterocycles. The second kappa shape index (κ2) is 4.50. The van der Waals surface area contributed by atoms with Crippen molar-refractivity contribution in [3.8, 4) is 0 Å². The first-order chi connectivity index (χ1) is 7.29. The molecule has 1 N–H and O–H groups in total. The number of aliphatic hydroxyl groups excluding tert-OH is 1. The predicted molar refractivity (Wildman–Crippen MR) is 45.1 cm³/mol. The molecule has 0 saturated carbocycles. The largest absolute Gasteiger partial charge is 0.418 e. The molecule has 0 aliphatic rings. The van der Waals surface area contributed by atoms with Crippen molar-refractivity contribution in [3.05, 3.63) is 28.0 Å². The smallest absolute Gasteiger partial charge is 0.392 e. The van der Waals surface area contributed by atoms with Crippen molar-refractivity contribution in [2.24, 2.45) is 0 Å². The van der Waals surface area contributed by atoms with E-state index in [0.29, 0.717) is 6.20 Å². The maximum atomic E-state index is 12.4. The number of hydrogen-bond acceptors (Lipinski definition) is 2. The predicted octanol–water partition coefficient (Wildman–Crippen LogP) is 3.18. The highest BCUT2D eigenvalue weighted by atomic mass is 35.5. The van der Waals surface area contributed by atoms with Gasteiger partial charge in [0.25, 0.3) is 6.43 Å². The highest BCUT2D eigenvalue weighted by molar-refractivity contribution is 6.30. The normalized spacial score (nSPS) is 12.2. The molecule has 0 aromatic carbocycles. The molecule has 16 heavy (non-hydrogen) atoms. The standard InChI is InChI=1S/C8H5ClF5NO/c9-6-5(7(10)11)3(2-16)4(1-15-6)8(12,13)14/h1,7,16H,2H2. The Hall–Kier alpha value is -0.950. The van der Waals surface area contributed by atoms with Gasteiger partial charge in [-0.15, -0.1) is 0 Å². The van der Waals surface area contributed by atoms with Gasteiger partial charge in [0.1, 0.15) is 5.15 Å². The fourth-order valence-electron chi connectivity index (χ4n) is 1.17. The maximum absolute atomic E-state index is 12.4. The van der Waals surface area contributed by atoms with Crippen molar-refractivity contribution in [1.82, 2.24) is 4.98 Å². The average molecular weight is 262 g/mol. The molecule has 1 aromatic rings. The molecular formula is C8H5ClF5NO. The van der Waals surface area contributed by atoms with Crippen molar-refractivity contribution in [1.29, 1.82) is 0 Å². The minimum Gasteiger partial charge on any atom is -0.392 e. The number of hydrogen-bond donors (Lipinski definition) is 1. The Kier molecular flexibility index (Phi) is 3.69. The number of nitrogens with zero attached hydrogens (tertiary/aromatic N) is 1. The number of rotatable bonds is 2. The Balaban J connectivity index is 3.49. The molecule has 0 unspecified atom stereocenters. The van der Waals surface area contributed by atoms with E-state index < -0.39 is 41.1 Å². The summed E-state index contributed by atoms with van der Waals surface area (Å²) in [6, 6.07) is 0. The van der Waals surface area contributed by atoms with Crippen molar-refractivity contribution < 1.29 is 27.1 Å². The third kappa shape index (κ3) is 2.41. The summed E-state index contributed by atoms with van der Waals surface area (Å²) >= 11 is 5.26. The molecule has 90 valence electrons. The van der Waals surface area contributed by atoms with Crippen molar-refractivity contribution in [2.75, 3.05) is 0 Å². The Morgan fingerprint density at radius 3 is 2.31 bits per heavy atom. The van der Waals surface area contributed by atoms with Crippen LogP contribution in [-0.4, -0.2) is 10.1 Å². The molecule has 1 rings (SSSR count). The summed E-state index contributed by atoms with van der Waals surface area (Å²) < 4.78 is 62.0. The summed E-state index contributed by atoms with van der Waals surface area (Å²) in [7, 11) is 0. The molecule has 0 fully saturated rings. The van der Waals surface area contributed by atoms with Crippen molar-refractivity contribution in [2.45, 2.75) is 19.2 Å². The van der Waals surface area contributed by atoms with E-state index in [9.17, 15) is 22.0 Å². The highest BCUT2D eigenvalue weighted by Gasteiger charge is 2.36. The van der Waals surface area contributed by atoms with Gasteiger partial charge in [-0.25, -0.2) is 13.8 Å². The zero-order chi connectivity index (χ0) is 12.5. The van der Waals surface area contributed by atoms with Gasteiger partial charge < -0.3 is 5.11 Å². The highest BCUT2D eigenvalue weighted by Crippen LogP contribution is 2.38. The molecule has 0 atom stereocenters. The first kappa shape index (κ1) is 13.1. The van der Waals surface area contributed by atoms with Gasteiger partial charge in [-0.3, -0.25) is 0 Å². The van der Waals surface area contributed by atoms with Gasteiger partial charge >= 0.3 is 6.18 Å². The van der Waals surface area contributed by atoms with Crippen LogP contribution in [0, 0.1) is 0 Å². The van der Waals surface area contributed by atoms with Gasteiger partial charge in [0.05, 0.1) is 17.7 Å². The van der Waals surface area contributed by atoms with Crippen LogP contribution in [0.1, 0.15) is 23.1 Å². The topological polar surface area (TPSA) is 33.1 Å². The summed E-state index contributed by atoms with van der Waals surface area (Å²) in [4.78, 5) is 3.03. The lowest BCUT2D eigenvalue weighted by Gasteiger charge is -2.15. The quantitative estimate of drug-likeness (QED) is 0.655. The lowest BCUT2D eigenvalue weighted by atomic mass is 10.1. The molecule has 0 aliphatic heterocycles. The summed E-state index contributed by atoms with van der Waals surface area (Å²) in [5.74, 6) is 0. The van der Waals surface area contributed by atoms with Crippen LogP contribution in [0.2, 0.25) is 5.15 Å². The molecule has 8 heteroatoms. The van der Waals surface area contributed by atoms with Crippen LogP contribution >= 0.6 is 11.6 Å². The van der Waals surface area contributed by atoms with Gasteiger partial charge in [0.2, 0.25) is 0 Å². The number of pyridine rings is 1. The Morgan fingerprint density at radius 2 is 1.94 bits per heavy atom. The summed E-state index contributed by atoms with van der Waals surface area (Å²) in [6.45, 7) is -1.18. The average Bonchev–Trinajstić information content (AvgIpc) is 2.14. The maximum Gasteiger partial charge on any atom is 0.418 e. The first-order valence-electron chi connectivity index (χ1n) is 3.92. The monoisotopic (exact) mass is 261 g/mol. The Labute approximate surface area is 91.7 Å². The van der Waals surface area contributed by atoms with Crippen LogP contribution in [-0.2, 0) is 12.8 Å². The van der Waals surface area contributed by atoms with Crippen LogP contribution in [0.25, 0.3) is 0 Å². The lowest BCUT2D eigenvalue weighted by Crippen LogP contribution is -2.13. The van der Waals surface area contributed by atoms with Crippen molar-refractivity contribution in [3.63, 3.8) is 0 Å². The lowest BCUT2D eigenvalue weighted by molar-refractivity contribution is -0.139. The summed E-state index contributed by atoms with van der Waals surface area (Å²) in [6.07, 6.45) is -7.77. The molecule has 0 spiro atoms. The molecule has 0 bridgehead atoms. The van der Waals surface area contributed by atoms with E-state index in [0.717, 1.165) is 0 Å². The van der Waals surface area contributed by atoms with Crippen LogP contribution in [0.15, 0.2) is 6.20 Å². The van der Waals surface area contributed by atoms with Gasteiger partial charge in [-0.1, -0.05) is 11.6 Å². The number of halogens is 6. The molecule has 0 aliphatic carbocycles. The fourth-order valence-corrected chi connectivity index (χ4v) is 1.42. The molecule has 2 nitrogen and oxygen atoms in total. The number of aromatic nitrogens is 1. The van der Waals surface area contributed by atoms with E-state index in [1.54, 1.807) is 0 Å². The van der Waals surface area contributed by atoms with Crippen LogP contribution in [0.5, 0.6) is 0 Å². The molecule has 1 aromatic heterocycles. The van der Waals surface area contributed by atoms with E-state index in [2.05, 4.69) is 4.98 Å². The molecule has 0 amide bonds. The van der Waals surface area contributed by atoms with E-state index in [1.165, 1.54) is 0 Å². The summed E-state index contributed by atoms with van der Waals surface area (Å²) in [5.41, 5.74) is -3.43. The SMILES string of the molecule is OCc1c(C(F)(F)F)cnc(Cl)c1C(F)F. The van der Waals surface area contributed by atoms with E-state index >= 15 is 0 Å². The molecule has 1 heterocycles.